The van der Waals surface area contributed by atoms with Gasteiger partial charge in [0.1, 0.15) is 5.82 Å². The molecule has 0 aliphatic carbocycles. The van der Waals surface area contributed by atoms with Crippen LogP contribution in [-0.4, -0.2) is 28.0 Å². The van der Waals surface area contributed by atoms with Crippen molar-refractivity contribution in [2.45, 2.75) is 12.8 Å². The van der Waals surface area contributed by atoms with Crippen molar-refractivity contribution in [3.63, 3.8) is 0 Å². The number of anilines is 2. The number of nitrogens with zero attached hydrogens (tertiary/aromatic N) is 3. The molecule has 5 heteroatoms. The van der Waals surface area contributed by atoms with E-state index in [2.05, 4.69) is 25.6 Å². The highest BCUT2D eigenvalue weighted by atomic mass is 15.1. The fraction of sp³-hybridized carbons (Fsp3) is 0.308. The monoisotopic (exact) mass is 241 g/mol. The fourth-order valence-electron chi connectivity index (χ4n) is 1.88. The number of pyridine rings is 1. The molecule has 0 aromatic carbocycles. The second-order valence-corrected chi connectivity index (χ2v) is 4.45. The van der Waals surface area contributed by atoms with E-state index in [9.17, 15) is 0 Å². The lowest BCUT2D eigenvalue weighted by Crippen LogP contribution is -2.40. The predicted molar refractivity (Wildman–Crippen MR) is 69.9 cm³/mol. The Labute approximate surface area is 106 Å². The lowest BCUT2D eigenvalue weighted by molar-refractivity contribution is 0.439. The molecule has 92 valence electrons. The van der Waals surface area contributed by atoms with Crippen LogP contribution < -0.4 is 10.6 Å². The Morgan fingerprint density at radius 3 is 2.83 bits per heavy atom. The van der Waals surface area contributed by atoms with E-state index in [-0.39, 0.29) is 0 Å². The lowest BCUT2D eigenvalue weighted by Gasteiger charge is -2.26. The highest BCUT2D eigenvalue weighted by Gasteiger charge is 2.20. The van der Waals surface area contributed by atoms with Crippen LogP contribution in [0.5, 0.6) is 0 Å². The highest BCUT2D eigenvalue weighted by Crippen LogP contribution is 2.19. The van der Waals surface area contributed by atoms with E-state index in [0.717, 1.165) is 30.2 Å². The topological polar surface area (TPSA) is 62.7 Å². The summed E-state index contributed by atoms with van der Waals surface area (Å²) in [5.41, 5.74) is 2.16. The molecule has 1 fully saturated rings. The van der Waals surface area contributed by atoms with Crippen LogP contribution in [0.25, 0.3) is 0 Å². The van der Waals surface area contributed by atoms with Crippen molar-refractivity contribution in [1.29, 1.82) is 0 Å². The third-order valence-electron chi connectivity index (χ3n) is 3.12. The summed E-state index contributed by atoms with van der Waals surface area (Å²) in [5, 5.41) is 6.41. The average molecular weight is 241 g/mol. The summed E-state index contributed by atoms with van der Waals surface area (Å²) in [4.78, 5) is 13.0. The number of rotatable bonds is 3. The smallest absolute Gasteiger partial charge is 0.228 e. The number of aromatic nitrogens is 3. The van der Waals surface area contributed by atoms with Gasteiger partial charge in [-0.2, -0.15) is 0 Å². The molecule has 3 rings (SSSR count). The maximum atomic E-state index is 4.53. The fourth-order valence-corrected chi connectivity index (χ4v) is 1.88. The van der Waals surface area contributed by atoms with E-state index in [0.29, 0.717) is 11.9 Å². The summed E-state index contributed by atoms with van der Waals surface area (Å²) >= 11 is 0. The van der Waals surface area contributed by atoms with Gasteiger partial charge in [0.05, 0.1) is 5.69 Å². The van der Waals surface area contributed by atoms with Gasteiger partial charge in [-0.05, 0) is 24.6 Å². The van der Waals surface area contributed by atoms with Crippen molar-refractivity contribution in [1.82, 2.24) is 20.3 Å². The van der Waals surface area contributed by atoms with Gasteiger partial charge in [-0.25, -0.2) is 15.0 Å². The molecular weight excluding hydrogens is 226 g/mol. The SMILES string of the molecule is Cc1cccnc1Nc1nccc(C2CNC2)n1. The van der Waals surface area contributed by atoms with E-state index >= 15 is 0 Å². The number of aryl methyl sites for hydroxylation is 1. The number of hydrogen-bond donors (Lipinski definition) is 2. The van der Waals surface area contributed by atoms with Gasteiger partial charge < -0.3 is 10.6 Å². The zero-order valence-corrected chi connectivity index (χ0v) is 10.2. The lowest BCUT2D eigenvalue weighted by atomic mass is 9.99. The molecule has 0 radical (unpaired) electrons. The summed E-state index contributed by atoms with van der Waals surface area (Å²) in [6, 6.07) is 5.90. The van der Waals surface area contributed by atoms with Crippen molar-refractivity contribution in [2.24, 2.45) is 0 Å². The Balaban J connectivity index is 1.82. The van der Waals surface area contributed by atoms with Crippen molar-refractivity contribution >= 4 is 11.8 Å². The van der Waals surface area contributed by atoms with Crippen LogP contribution in [0.15, 0.2) is 30.6 Å². The van der Waals surface area contributed by atoms with Gasteiger partial charge in [0.15, 0.2) is 0 Å². The van der Waals surface area contributed by atoms with Crippen molar-refractivity contribution in [3.8, 4) is 0 Å². The maximum Gasteiger partial charge on any atom is 0.228 e. The summed E-state index contributed by atoms with van der Waals surface area (Å²) in [7, 11) is 0. The van der Waals surface area contributed by atoms with Crippen molar-refractivity contribution in [3.05, 3.63) is 41.9 Å². The van der Waals surface area contributed by atoms with Gasteiger partial charge in [0, 0.05) is 31.4 Å². The standard InChI is InChI=1S/C13H15N5/c1-9-3-2-5-15-12(9)18-13-16-6-4-11(17-13)10-7-14-8-10/h2-6,10,14H,7-8H2,1H3,(H,15,16,17,18). The van der Waals surface area contributed by atoms with Crippen molar-refractivity contribution < 1.29 is 0 Å². The van der Waals surface area contributed by atoms with Gasteiger partial charge in [-0.1, -0.05) is 6.07 Å². The summed E-state index contributed by atoms with van der Waals surface area (Å²) in [6.45, 7) is 4.01. The quantitative estimate of drug-likeness (QED) is 0.854. The molecule has 1 aliphatic heterocycles. The summed E-state index contributed by atoms with van der Waals surface area (Å²) < 4.78 is 0. The van der Waals surface area contributed by atoms with Crippen LogP contribution in [0.2, 0.25) is 0 Å². The molecule has 2 aromatic rings. The van der Waals surface area contributed by atoms with E-state index < -0.39 is 0 Å². The summed E-state index contributed by atoms with van der Waals surface area (Å²) in [6.07, 6.45) is 3.55. The molecule has 5 nitrogen and oxygen atoms in total. The molecule has 0 atom stereocenters. The molecule has 0 bridgehead atoms. The first-order valence-corrected chi connectivity index (χ1v) is 6.05. The molecule has 2 aromatic heterocycles. The molecule has 0 saturated carbocycles. The van der Waals surface area contributed by atoms with E-state index in [1.165, 1.54) is 0 Å². The molecular formula is C13H15N5. The minimum Gasteiger partial charge on any atom is -0.315 e. The molecule has 0 unspecified atom stereocenters. The van der Waals surface area contributed by atoms with Crippen LogP contribution in [-0.2, 0) is 0 Å². The number of nitrogens with one attached hydrogen (secondary N) is 2. The third kappa shape index (κ3) is 2.17. The van der Waals surface area contributed by atoms with E-state index in [4.69, 9.17) is 0 Å². The van der Waals surface area contributed by atoms with Crippen LogP contribution in [0.1, 0.15) is 17.2 Å². The minimum atomic E-state index is 0.512. The second kappa shape index (κ2) is 4.70. The predicted octanol–water partition coefficient (Wildman–Crippen LogP) is 1.61. The molecule has 1 aliphatic rings. The van der Waals surface area contributed by atoms with E-state index in [1.807, 2.05) is 25.1 Å². The van der Waals surface area contributed by atoms with Crippen LogP contribution in [0.4, 0.5) is 11.8 Å². The van der Waals surface area contributed by atoms with Crippen LogP contribution in [0.3, 0.4) is 0 Å². The van der Waals surface area contributed by atoms with Gasteiger partial charge in [-0.15, -0.1) is 0 Å². The molecule has 0 spiro atoms. The first kappa shape index (κ1) is 11.1. The first-order valence-electron chi connectivity index (χ1n) is 6.05. The Bertz CT molecular complexity index is 551. The Morgan fingerprint density at radius 2 is 2.11 bits per heavy atom. The molecule has 3 heterocycles. The first-order chi connectivity index (χ1) is 8.83. The minimum absolute atomic E-state index is 0.512. The second-order valence-electron chi connectivity index (χ2n) is 4.45. The van der Waals surface area contributed by atoms with Gasteiger partial charge in [0.25, 0.3) is 0 Å². The Morgan fingerprint density at radius 1 is 1.22 bits per heavy atom. The Kier molecular flexibility index (Phi) is 2.90. The van der Waals surface area contributed by atoms with Crippen LogP contribution >= 0.6 is 0 Å². The van der Waals surface area contributed by atoms with Gasteiger partial charge in [0.2, 0.25) is 5.95 Å². The summed E-state index contributed by atoms with van der Waals surface area (Å²) in [5.74, 6) is 1.93. The largest absolute Gasteiger partial charge is 0.315 e. The average Bonchev–Trinajstić information content (AvgIpc) is 2.31. The highest BCUT2D eigenvalue weighted by molar-refractivity contribution is 5.52. The van der Waals surface area contributed by atoms with Crippen molar-refractivity contribution in [2.75, 3.05) is 18.4 Å². The van der Waals surface area contributed by atoms with Gasteiger partial charge in [-0.3, -0.25) is 0 Å². The third-order valence-corrected chi connectivity index (χ3v) is 3.12. The zero-order chi connectivity index (χ0) is 12.4. The Hall–Kier alpha value is -2.01. The number of hydrogen-bond acceptors (Lipinski definition) is 5. The van der Waals surface area contributed by atoms with Crippen LogP contribution in [0, 0.1) is 6.92 Å². The zero-order valence-electron chi connectivity index (χ0n) is 10.2. The van der Waals surface area contributed by atoms with E-state index in [1.54, 1.807) is 12.4 Å². The molecule has 0 amide bonds. The molecule has 18 heavy (non-hydrogen) atoms. The molecule has 2 N–H and O–H groups in total. The van der Waals surface area contributed by atoms with Gasteiger partial charge >= 0.3 is 0 Å². The maximum absolute atomic E-state index is 4.53. The molecule has 1 saturated heterocycles. The normalized spacial score (nSPS) is 15.2.